The molecule has 0 aliphatic heterocycles. The Morgan fingerprint density at radius 2 is 1.59 bits per heavy atom. The van der Waals surface area contributed by atoms with E-state index < -0.39 is 0 Å². The molecule has 4 aromatic rings. The fourth-order valence-electron chi connectivity index (χ4n) is 4.38. The molecule has 0 radical (unpaired) electrons. The highest BCUT2D eigenvalue weighted by molar-refractivity contribution is 9.10. The van der Waals surface area contributed by atoms with Crippen molar-refractivity contribution in [2.45, 2.75) is 52.1 Å². The molecule has 0 fully saturated rings. The molecule has 1 amide bonds. The van der Waals surface area contributed by atoms with Gasteiger partial charge in [-0.05, 0) is 65.2 Å². The summed E-state index contributed by atoms with van der Waals surface area (Å²) in [6.45, 7) is 3.18. The van der Waals surface area contributed by atoms with Crippen LogP contribution in [0.1, 0.15) is 56.6 Å². The van der Waals surface area contributed by atoms with Crippen molar-refractivity contribution in [2.75, 3.05) is 13.2 Å². The van der Waals surface area contributed by atoms with E-state index >= 15 is 0 Å². The highest BCUT2D eigenvalue weighted by Crippen LogP contribution is 2.28. The average molecular weight is 618 g/mol. The first-order chi connectivity index (χ1) is 20.1. The summed E-state index contributed by atoms with van der Waals surface area (Å²) in [6, 6.07) is 27.2. The Kier molecular flexibility index (Phi) is 12.1. The number of hydrazone groups is 1. The van der Waals surface area contributed by atoms with Gasteiger partial charge in [-0.1, -0.05) is 97.4 Å². The summed E-state index contributed by atoms with van der Waals surface area (Å²) >= 11 is 3.50. The Labute approximate surface area is 250 Å². The lowest BCUT2D eigenvalue weighted by Gasteiger charge is -2.12. The first-order valence-corrected chi connectivity index (χ1v) is 15.0. The first kappa shape index (κ1) is 30.1. The molecule has 0 saturated carbocycles. The smallest absolute Gasteiger partial charge is 0.277 e. The van der Waals surface area contributed by atoms with Crippen LogP contribution in [-0.2, 0) is 11.4 Å². The largest absolute Gasteiger partial charge is 0.494 e. The number of halogens is 1. The second kappa shape index (κ2) is 16.4. The van der Waals surface area contributed by atoms with Gasteiger partial charge in [-0.3, -0.25) is 4.79 Å². The van der Waals surface area contributed by atoms with Gasteiger partial charge in [0.15, 0.2) is 6.61 Å². The molecule has 0 saturated heterocycles. The highest BCUT2D eigenvalue weighted by atomic mass is 79.9. The molecule has 1 N–H and O–H groups in total. The Morgan fingerprint density at radius 1 is 0.829 bits per heavy atom. The number of carbonyl (C=O) groups excluding carboxylic acids is 1. The molecule has 0 aliphatic rings. The van der Waals surface area contributed by atoms with Gasteiger partial charge in [0.25, 0.3) is 5.91 Å². The molecule has 214 valence electrons. The maximum absolute atomic E-state index is 12.4. The number of benzene rings is 4. The predicted molar refractivity (Wildman–Crippen MR) is 169 cm³/mol. The Balaban J connectivity index is 1.27. The van der Waals surface area contributed by atoms with E-state index in [2.05, 4.69) is 33.4 Å². The van der Waals surface area contributed by atoms with Gasteiger partial charge in [0.1, 0.15) is 23.9 Å². The monoisotopic (exact) mass is 616 g/mol. The molecule has 4 rings (SSSR count). The lowest BCUT2D eigenvalue weighted by atomic mass is 10.0. The third kappa shape index (κ3) is 9.94. The Hall–Kier alpha value is -3.84. The standard InChI is InChI=1S/C34H37BrN2O4/c1-2-3-4-5-6-9-21-39-29-16-18-30(19-17-29)40-25-34(38)37-36-23-32-31-14-8-7-12-27(31)15-20-33(32)41-24-26-11-10-13-28(35)22-26/h7-8,10-20,22-23H,2-6,9,21,24-25H2,1H3,(H,37,38)/b36-23-. The molecule has 0 bridgehead atoms. The summed E-state index contributed by atoms with van der Waals surface area (Å²) < 4.78 is 18.6. The van der Waals surface area contributed by atoms with Crippen LogP contribution in [0.15, 0.2) is 94.5 Å². The van der Waals surface area contributed by atoms with E-state index in [0.717, 1.165) is 38.5 Å². The van der Waals surface area contributed by atoms with Gasteiger partial charge >= 0.3 is 0 Å². The molecule has 0 spiro atoms. The number of carbonyl (C=O) groups is 1. The van der Waals surface area contributed by atoms with Gasteiger partial charge in [0, 0.05) is 10.0 Å². The van der Waals surface area contributed by atoms with Crippen molar-refractivity contribution in [1.82, 2.24) is 5.43 Å². The number of hydrogen-bond acceptors (Lipinski definition) is 5. The van der Waals surface area contributed by atoms with Crippen molar-refractivity contribution in [3.05, 3.63) is 101 Å². The lowest BCUT2D eigenvalue weighted by Crippen LogP contribution is -2.24. The van der Waals surface area contributed by atoms with Gasteiger partial charge in [-0.25, -0.2) is 5.43 Å². The molecule has 0 unspecified atom stereocenters. The van der Waals surface area contributed by atoms with Crippen molar-refractivity contribution < 1.29 is 19.0 Å². The van der Waals surface area contributed by atoms with E-state index in [4.69, 9.17) is 14.2 Å². The van der Waals surface area contributed by atoms with Crippen molar-refractivity contribution in [2.24, 2.45) is 5.10 Å². The molecule has 41 heavy (non-hydrogen) atoms. The van der Waals surface area contributed by atoms with Gasteiger partial charge < -0.3 is 14.2 Å². The fourth-order valence-corrected chi connectivity index (χ4v) is 4.82. The van der Waals surface area contributed by atoms with Crippen molar-refractivity contribution >= 4 is 38.8 Å². The van der Waals surface area contributed by atoms with E-state index in [1.807, 2.05) is 72.8 Å². The molecular weight excluding hydrogens is 580 g/mol. The SMILES string of the molecule is CCCCCCCCOc1ccc(OCC(=O)N/N=C\c2c(OCc3cccc(Br)c3)ccc3ccccc23)cc1. The highest BCUT2D eigenvalue weighted by Gasteiger charge is 2.09. The van der Waals surface area contributed by atoms with Crippen LogP contribution >= 0.6 is 15.9 Å². The second-order valence-corrected chi connectivity index (χ2v) is 10.7. The summed E-state index contributed by atoms with van der Waals surface area (Å²) in [6.07, 6.45) is 8.99. The van der Waals surface area contributed by atoms with Crippen LogP contribution in [0.5, 0.6) is 17.2 Å². The zero-order valence-corrected chi connectivity index (χ0v) is 25.1. The minimum atomic E-state index is -0.360. The van der Waals surface area contributed by atoms with E-state index in [1.54, 1.807) is 18.3 Å². The number of hydrogen-bond donors (Lipinski definition) is 1. The summed E-state index contributed by atoms with van der Waals surface area (Å²) in [5, 5.41) is 6.23. The number of ether oxygens (including phenoxy) is 3. The minimum absolute atomic E-state index is 0.156. The number of amides is 1. The van der Waals surface area contributed by atoms with E-state index in [0.29, 0.717) is 24.7 Å². The molecule has 0 heterocycles. The molecule has 4 aromatic carbocycles. The zero-order valence-electron chi connectivity index (χ0n) is 23.5. The van der Waals surface area contributed by atoms with Crippen LogP contribution in [0, 0.1) is 0 Å². The Bertz CT molecular complexity index is 1420. The third-order valence-electron chi connectivity index (χ3n) is 6.56. The van der Waals surface area contributed by atoms with Crippen LogP contribution in [0.3, 0.4) is 0 Å². The minimum Gasteiger partial charge on any atom is -0.494 e. The van der Waals surface area contributed by atoms with Gasteiger partial charge in [0.2, 0.25) is 0 Å². The zero-order chi connectivity index (χ0) is 28.7. The van der Waals surface area contributed by atoms with Crippen LogP contribution < -0.4 is 19.6 Å². The maximum atomic E-state index is 12.4. The van der Waals surface area contributed by atoms with Crippen LogP contribution in [0.25, 0.3) is 10.8 Å². The summed E-state index contributed by atoms with van der Waals surface area (Å²) in [5.74, 6) is 1.71. The van der Waals surface area contributed by atoms with Gasteiger partial charge in [-0.2, -0.15) is 5.10 Å². The number of unbranched alkanes of at least 4 members (excludes halogenated alkanes) is 5. The molecular formula is C34H37BrN2O4. The summed E-state index contributed by atoms with van der Waals surface area (Å²) in [7, 11) is 0. The van der Waals surface area contributed by atoms with Gasteiger partial charge in [0.05, 0.1) is 12.8 Å². The van der Waals surface area contributed by atoms with Crippen molar-refractivity contribution in [3.63, 3.8) is 0 Å². The maximum Gasteiger partial charge on any atom is 0.277 e. The number of nitrogens with zero attached hydrogens (tertiary/aromatic N) is 1. The van der Waals surface area contributed by atoms with Gasteiger partial charge in [-0.15, -0.1) is 0 Å². The molecule has 0 aromatic heterocycles. The second-order valence-electron chi connectivity index (χ2n) is 9.79. The summed E-state index contributed by atoms with van der Waals surface area (Å²) in [4.78, 5) is 12.4. The van der Waals surface area contributed by atoms with E-state index in [1.165, 1.54) is 32.1 Å². The van der Waals surface area contributed by atoms with E-state index in [9.17, 15) is 4.79 Å². The first-order valence-electron chi connectivity index (χ1n) is 14.2. The molecule has 6 nitrogen and oxygen atoms in total. The fraction of sp³-hybridized carbons (Fsp3) is 0.294. The van der Waals surface area contributed by atoms with Crippen LogP contribution in [0.4, 0.5) is 0 Å². The average Bonchev–Trinajstić information content (AvgIpc) is 2.99. The number of rotatable bonds is 16. The molecule has 0 aliphatic carbocycles. The lowest BCUT2D eigenvalue weighted by molar-refractivity contribution is -0.123. The predicted octanol–water partition coefficient (Wildman–Crippen LogP) is 8.45. The molecule has 0 atom stereocenters. The number of fused-ring (bicyclic) bond motifs is 1. The van der Waals surface area contributed by atoms with Crippen molar-refractivity contribution in [3.8, 4) is 17.2 Å². The number of nitrogens with one attached hydrogen (secondary N) is 1. The summed E-state index contributed by atoms with van der Waals surface area (Å²) in [5.41, 5.74) is 4.39. The Morgan fingerprint density at radius 3 is 2.39 bits per heavy atom. The quantitative estimate of drug-likeness (QED) is 0.0779. The third-order valence-corrected chi connectivity index (χ3v) is 7.05. The van der Waals surface area contributed by atoms with E-state index in [-0.39, 0.29) is 12.5 Å². The topological polar surface area (TPSA) is 69.2 Å². The van der Waals surface area contributed by atoms with Crippen molar-refractivity contribution in [1.29, 1.82) is 0 Å². The normalized spacial score (nSPS) is 11.1. The van der Waals surface area contributed by atoms with Crippen LogP contribution in [-0.4, -0.2) is 25.3 Å². The van der Waals surface area contributed by atoms with Crippen LogP contribution in [0.2, 0.25) is 0 Å². The molecule has 7 heteroatoms.